The molecule has 2 N–H and O–H groups in total. The van der Waals surface area contributed by atoms with E-state index in [4.69, 9.17) is 0 Å². The highest BCUT2D eigenvalue weighted by atomic mass is 32.2. The zero-order chi connectivity index (χ0) is 15.9. The van der Waals surface area contributed by atoms with Crippen LogP contribution in [-0.4, -0.2) is 63.3 Å². The third-order valence-electron chi connectivity index (χ3n) is 2.69. The Morgan fingerprint density at radius 3 is 2.73 bits per heavy atom. The van der Waals surface area contributed by atoms with Gasteiger partial charge in [0.2, 0.25) is 17.0 Å². The molecule has 22 heavy (non-hydrogen) atoms. The van der Waals surface area contributed by atoms with Crippen molar-refractivity contribution in [2.45, 2.75) is 5.16 Å². The quantitative estimate of drug-likeness (QED) is 0.735. The minimum atomic E-state index is -0.240. The van der Waals surface area contributed by atoms with Gasteiger partial charge in [-0.05, 0) is 12.1 Å². The van der Waals surface area contributed by atoms with E-state index in [1.54, 1.807) is 26.5 Å². The number of aromatic amines is 1. The Hall–Kier alpha value is -2.42. The van der Waals surface area contributed by atoms with Gasteiger partial charge in [0.1, 0.15) is 0 Å². The van der Waals surface area contributed by atoms with E-state index < -0.39 is 0 Å². The van der Waals surface area contributed by atoms with Crippen molar-refractivity contribution in [3.63, 3.8) is 0 Å². The Morgan fingerprint density at radius 1 is 1.32 bits per heavy atom. The summed E-state index contributed by atoms with van der Waals surface area (Å²) in [7, 11) is 3.27. The molecular formula is C13H16N6O2S. The summed E-state index contributed by atoms with van der Waals surface area (Å²) >= 11 is 1.20. The van der Waals surface area contributed by atoms with Gasteiger partial charge in [0.15, 0.2) is 5.82 Å². The SMILES string of the molecule is CN(C)C(=O)CNC(=O)CSc1n[nH]c(-c2ccncc2)n1. The molecule has 0 aliphatic heterocycles. The summed E-state index contributed by atoms with van der Waals surface area (Å²) < 4.78 is 0. The summed E-state index contributed by atoms with van der Waals surface area (Å²) in [6, 6.07) is 3.63. The highest BCUT2D eigenvalue weighted by Crippen LogP contribution is 2.17. The molecule has 2 rings (SSSR count). The van der Waals surface area contributed by atoms with E-state index in [-0.39, 0.29) is 24.1 Å². The number of H-pyrrole nitrogens is 1. The van der Waals surface area contributed by atoms with E-state index in [1.807, 2.05) is 12.1 Å². The Labute approximate surface area is 131 Å². The van der Waals surface area contributed by atoms with E-state index in [2.05, 4.69) is 25.5 Å². The van der Waals surface area contributed by atoms with Gasteiger partial charge in [-0.1, -0.05) is 11.8 Å². The maximum atomic E-state index is 11.6. The van der Waals surface area contributed by atoms with Crippen LogP contribution in [0.4, 0.5) is 0 Å². The number of hydrogen-bond donors (Lipinski definition) is 2. The Kier molecular flexibility index (Phi) is 5.48. The fraction of sp³-hybridized carbons (Fsp3) is 0.308. The van der Waals surface area contributed by atoms with Crippen molar-refractivity contribution in [3.05, 3.63) is 24.5 Å². The second kappa shape index (κ2) is 7.55. The van der Waals surface area contributed by atoms with Gasteiger partial charge in [-0.15, -0.1) is 5.10 Å². The summed E-state index contributed by atoms with van der Waals surface area (Å²) in [6.07, 6.45) is 3.33. The third kappa shape index (κ3) is 4.55. The van der Waals surface area contributed by atoms with Crippen molar-refractivity contribution in [2.75, 3.05) is 26.4 Å². The second-order valence-electron chi connectivity index (χ2n) is 4.56. The summed E-state index contributed by atoms with van der Waals surface area (Å²) in [4.78, 5) is 32.6. The first-order valence-electron chi connectivity index (χ1n) is 6.48. The zero-order valence-electron chi connectivity index (χ0n) is 12.2. The largest absolute Gasteiger partial charge is 0.347 e. The highest BCUT2D eigenvalue weighted by molar-refractivity contribution is 7.99. The number of amides is 2. The number of carbonyl (C=O) groups is 2. The Bertz CT molecular complexity index is 643. The standard InChI is InChI=1S/C13H16N6O2S/c1-19(2)11(21)7-15-10(20)8-22-13-16-12(17-18-13)9-3-5-14-6-4-9/h3-6H,7-8H2,1-2H3,(H,15,20)(H,16,17,18). The topological polar surface area (TPSA) is 104 Å². The molecule has 0 unspecified atom stereocenters. The van der Waals surface area contributed by atoms with Crippen LogP contribution in [0.3, 0.4) is 0 Å². The molecule has 0 saturated heterocycles. The van der Waals surface area contributed by atoms with Crippen LogP contribution in [0.15, 0.2) is 29.7 Å². The average molecular weight is 320 g/mol. The van der Waals surface area contributed by atoms with Crippen LogP contribution in [0, 0.1) is 0 Å². The molecule has 2 aromatic heterocycles. The summed E-state index contributed by atoms with van der Waals surface area (Å²) in [6.45, 7) is -0.0113. The van der Waals surface area contributed by atoms with Crippen LogP contribution >= 0.6 is 11.8 Å². The van der Waals surface area contributed by atoms with Gasteiger partial charge in [-0.25, -0.2) is 4.98 Å². The van der Waals surface area contributed by atoms with Crippen LogP contribution in [0.1, 0.15) is 0 Å². The minimum Gasteiger partial charge on any atom is -0.347 e. The number of hydrogen-bond acceptors (Lipinski definition) is 6. The van der Waals surface area contributed by atoms with Gasteiger partial charge in [0, 0.05) is 32.1 Å². The molecule has 9 heteroatoms. The van der Waals surface area contributed by atoms with Gasteiger partial charge in [-0.2, -0.15) is 0 Å². The maximum Gasteiger partial charge on any atom is 0.241 e. The fourth-order valence-electron chi connectivity index (χ4n) is 1.46. The predicted octanol–water partition coefficient (Wildman–Crippen LogP) is 0.163. The predicted molar refractivity (Wildman–Crippen MR) is 82.0 cm³/mol. The molecule has 2 aromatic rings. The number of pyridine rings is 1. The first-order valence-corrected chi connectivity index (χ1v) is 7.47. The molecule has 0 spiro atoms. The van der Waals surface area contributed by atoms with E-state index in [0.717, 1.165) is 5.56 Å². The number of nitrogens with one attached hydrogen (secondary N) is 2. The van der Waals surface area contributed by atoms with Crippen molar-refractivity contribution in [2.24, 2.45) is 0 Å². The molecular weight excluding hydrogens is 304 g/mol. The van der Waals surface area contributed by atoms with E-state index in [0.29, 0.717) is 11.0 Å². The van der Waals surface area contributed by atoms with E-state index in [1.165, 1.54) is 16.7 Å². The monoisotopic (exact) mass is 320 g/mol. The van der Waals surface area contributed by atoms with Crippen LogP contribution in [0.25, 0.3) is 11.4 Å². The second-order valence-corrected chi connectivity index (χ2v) is 5.50. The molecule has 0 aromatic carbocycles. The van der Waals surface area contributed by atoms with Gasteiger partial charge >= 0.3 is 0 Å². The average Bonchev–Trinajstić information content (AvgIpc) is 3.00. The normalized spacial score (nSPS) is 10.3. The number of thioether (sulfide) groups is 1. The van der Waals surface area contributed by atoms with Crippen LogP contribution in [-0.2, 0) is 9.59 Å². The van der Waals surface area contributed by atoms with Crippen LogP contribution in [0.2, 0.25) is 0 Å². The number of carbonyl (C=O) groups excluding carboxylic acids is 2. The molecule has 0 aliphatic carbocycles. The van der Waals surface area contributed by atoms with Crippen molar-refractivity contribution < 1.29 is 9.59 Å². The van der Waals surface area contributed by atoms with Gasteiger partial charge in [0.05, 0.1) is 12.3 Å². The molecule has 0 saturated carbocycles. The van der Waals surface area contributed by atoms with Crippen LogP contribution < -0.4 is 5.32 Å². The molecule has 0 fully saturated rings. The molecule has 116 valence electrons. The lowest BCUT2D eigenvalue weighted by molar-refractivity contribution is -0.130. The van der Waals surface area contributed by atoms with Crippen molar-refractivity contribution >= 4 is 23.6 Å². The van der Waals surface area contributed by atoms with Crippen molar-refractivity contribution in [1.82, 2.24) is 30.4 Å². The van der Waals surface area contributed by atoms with Crippen LogP contribution in [0.5, 0.6) is 0 Å². The summed E-state index contributed by atoms with van der Waals surface area (Å²) in [5.41, 5.74) is 0.871. The highest BCUT2D eigenvalue weighted by Gasteiger charge is 2.10. The van der Waals surface area contributed by atoms with Gasteiger partial charge in [-0.3, -0.25) is 19.7 Å². The fourth-order valence-corrected chi connectivity index (χ4v) is 2.09. The molecule has 0 radical (unpaired) electrons. The molecule has 8 nitrogen and oxygen atoms in total. The molecule has 0 atom stereocenters. The number of nitrogens with zero attached hydrogens (tertiary/aromatic N) is 4. The van der Waals surface area contributed by atoms with Crippen molar-refractivity contribution in [1.29, 1.82) is 0 Å². The van der Waals surface area contributed by atoms with E-state index >= 15 is 0 Å². The Balaban J connectivity index is 1.81. The third-order valence-corrected chi connectivity index (χ3v) is 3.53. The first-order chi connectivity index (χ1) is 10.6. The maximum absolute atomic E-state index is 11.6. The molecule has 2 heterocycles. The van der Waals surface area contributed by atoms with Gasteiger partial charge in [0.25, 0.3) is 0 Å². The lowest BCUT2D eigenvalue weighted by atomic mass is 10.3. The number of likely N-dealkylation sites (N-methyl/N-ethyl adjacent to an activating group) is 1. The molecule has 2 amide bonds. The van der Waals surface area contributed by atoms with Crippen molar-refractivity contribution in [3.8, 4) is 11.4 Å². The Morgan fingerprint density at radius 2 is 2.05 bits per heavy atom. The number of rotatable bonds is 6. The summed E-state index contributed by atoms with van der Waals surface area (Å²) in [5, 5.41) is 9.87. The zero-order valence-corrected chi connectivity index (χ0v) is 13.1. The van der Waals surface area contributed by atoms with E-state index in [9.17, 15) is 9.59 Å². The minimum absolute atomic E-state index is 0.0113. The first kappa shape index (κ1) is 16.0. The molecule has 0 bridgehead atoms. The molecule has 0 aliphatic rings. The summed E-state index contributed by atoms with van der Waals surface area (Å²) in [5.74, 6) is 0.369. The lowest BCUT2D eigenvalue weighted by Gasteiger charge is -2.10. The number of aromatic nitrogens is 4. The smallest absolute Gasteiger partial charge is 0.241 e. The lowest BCUT2D eigenvalue weighted by Crippen LogP contribution is -2.36. The van der Waals surface area contributed by atoms with Gasteiger partial charge < -0.3 is 10.2 Å².